The van der Waals surface area contributed by atoms with E-state index >= 15 is 0 Å². The second-order valence-electron chi connectivity index (χ2n) is 6.39. The van der Waals surface area contributed by atoms with Crippen molar-refractivity contribution >= 4 is 10.9 Å². The van der Waals surface area contributed by atoms with E-state index in [-0.39, 0.29) is 5.82 Å². The first-order valence-electron chi connectivity index (χ1n) is 8.14. The third kappa shape index (κ3) is 2.44. The van der Waals surface area contributed by atoms with Crippen LogP contribution in [0.3, 0.4) is 0 Å². The first kappa shape index (κ1) is 13.2. The molecule has 1 heterocycles. The molecule has 1 N–H and O–H groups in total. The van der Waals surface area contributed by atoms with Gasteiger partial charge in [0.25, 0.3) is 0 Å². The summed E-state index contributed by atoms with van der Waals surface area (Å²) in [6.45, 7) is 0.857. The van der Waals surface area contributed by atoms with Crippen molar-refractivity contribution in [2.24, 2.45) is 0 Å². The molecule has 1 aromatic heterocycles. The molecule has 1 aromatic carbocycles. The molecule has 0 atom stereocenters. The molecule has 0 aliphatic heterocycles. The summed E-state index contributed by atoms with van der Waals surface area (Å²) >= 11 is 0. The lowest BCUT2D eigenvalue weighted by Crippen LogP contribution is -2.26. The Labute approximate surface area is 124 Å². The van der Waals surface area contributed by atoms with Crippen LogP contribution in [0.15, 0.2) is 18.2 Å². The molecular formula is C18H21FN2. The molecule has 0 saturated heterocycles. The Balaban J connectivity index is 1.75. The van der Waals surface area contributed by atoms with E-state index in [0.717, 1.165) is 30.3 Å². The predicted molar refractivity (Wildman–Crippen MR) is 82.8 cm³/mol. The minimum atomic E-state index is -0.163. The van der Waals surface area contributed by atoms with Crippen LogP contribution in [0.5, 0.6) is 0 Å². The number of hydrogen-bond donors (Lipinski definition) is 1. The van der Waals surface area contributed by atoms with E-state index < -0.39 is 0 Å². The Morgan fingerprint density at radius 3 is 2.86 bits per heavy atom. The average molecular weight is 284 g/mol. The van der Waals surface area contributed by atoms with Gasteiger partial charge in [-0.05, 0) is 61.4 Å². The molecule has 0 radical (unpaired) electrons. The number of fused-ring (bicyclic) bond motifs is 2. The zero-order valence-electron chi connectivity index (χ0n) is 12.3. The highest BCUT2D eigenvalue weighted by molar-refractivity contribution is 5.84. The van der Waals surface area contributed by atoms with Crippen LogP contribution in [0.4, 0.5) is 4.39 Å². The molecule has 1 fully saturated rings. The Morgan fingerprint density at radius 2 is 2.00 bits per heavy atom. The van der Waals surface area contributed by atoms with E-state index in [1.165, 1.54) is 55.0 Å². The number of nitrogens with one attached hydrogen (secondary N) is 1. The Kier molecular flexibility index (Phi) is 3.38. The lowest BCUT2D eigenvalue weighted by Gasteiger charge is -2.16. The van der Waals surface area contributed by atoms with Crippen LogP contribution >= 0.6 is 0 Å². The summed E-state index contributed by atoms with van der Waals surface area (Å²) < 4.78 is 13.7. The zero-order valence-corrected chi connectivity index (χ0v) is 12.3. The number of aryl methyl sites for hydroxylation is 1. The average Bonchev–Trinajstić information content (AvgIpc) is 3.14. The number of benzene rings is 1. The fraction of sp³-hybridized carbons (Fsp3) is 0.500. The minimum Gasteiger partial charge on any atom is -0.310 e. The van der Waals surface area contributed by atoms with Crippen LogP contribution in [-0.2, 0) is 19.4 Å². The van der Waals surface area contributed by atoms with E-state index in [9.17, 15) is 4.39 Å². The van der Waals surface area contributed by atoms with Gasteiger partial charge >= 0.3 is 0 Å². The first-order chi connectivity index (χ1) is 10.3. The highest BCUT2D eigenvalue weighted by atomic mass is 19.1. The van der Waals surface area contributed by atoms with Crippen LogP contribution in [0.2, 0.25) is 0 Å². The quantitative estimate of drug-likeness (QED) is 0.924. The maximum atomic E-state index is 13.7. The fourth-order valence-electron chi connectivity index (χ4n) is 3.91. The van der Waals surface area contributed by atoms with E-state index in [0.29, 0.717) is 6.04 Å². The summed E-state index contributed by atoms with van der Waals surface area (Å²) in [5.74, 6) is -0.163. The summed E-state index contributed by atoms with van der Waals surface area (Å²) in [5.41, 5.74) is 4.84. The van der Waals surface area contributed by atoms with Gasteiger partial charge in [0.15, 0.2) is 0 Å². The molecule has 0 amide bonds. The van der Waals surface area contributed by atoms with E-state index in [1.54, 1.807) is 6.07 Å². The van der Waals surface area contributed by atoms with Gasteiger partial charge in [0, 0.05) is 23.7 Å². The van der Waals surface area contributed by atoms with Gasteiger partial charge in [0.2, 0.25) is 0 Å². The van der Waals surface area contributed by atoms with E-state index in [2.05, 4.69) is 5.32 Å². The summed E-state index contributed by atoms with van der Waals surface area (Å²) in [6, 6.07) is 5.64. The first-order valence-corrected chi connectivity index (χ1v) is 8.14. The van der Waals surface area contributed by atoms with Crippen LogP contribution < -0.4 is 5.32 Å². The Bertz CT molecular complexity index is 674. The summed E-state index contributed by atoms with van der Waals surface area (Å²) in [7, 11) is 0. The predicted octanol–water partition coefficient (Wildman–Crippen LogP) is 3.89. The van der Waals surface area contributed by atoms with Crippen LogP contribution in [0.1, 0.15) is 48.9 Å². The molecule has 110 valence electrons. The minimum absolute atomic E-state index is 0.163. The molecular weight excluding hydrogens is 263 g/mol. The molecule has 3 heteroatoms. The monoisotopic (exact) mass is 284 g/mol. The molecule has 21 heavy (non-hydrogen) atoms. The topological polar surface area (TPSA) is 24.9 Å². The van der Waals surface area contributed by atoms with E-state index in [4.69, 9.17) is 4.98 Å². The van der Waals surface area contributed by atoms with Crippen molar-refractivity contribution in [1.29, 1.82) is 0 Å². The van der Waals surface area contributed by atoms with Gasteiger partial charge in [-0.25, -0.2) is 4.39 Å². The standard InChI is InChI=1S/C18H21FN2/c19-12-8-9-18-15(10-12)16(11-20-13-4-1-2-5-13)14-6-3-7-17(14)21-18/h8-10,13,20H,1-7,11H2. The van der Waals surface area contributed by atoms with Crippen molar-refractivity contribution in [3.05, 3.63) is 40.8 Å². The van der Waals surface area contributed by atoms with Gasteiger partial charge in [-0.1, -0.05) is 12.8 Å². The highest BCUT2D eigenvalue weighted by Crippen LogP contribution is 2.31. The van der Waals surface area contributed by atoms with Crippen molar-refractivity contribution in [2.45, 2.75) is 57.5 Å². The second-order valence-corrected chi connectivity index (χ2v) is 6.39. The van der Waals surface area contributed by atoms with Crippen molar-refractivity contribution in [3.8, 4) is 0 Å². The fourth-order valence-corrected chi connectivity index (χ4v) is 3.91. The largest absolute Gasteiger partial charge is 0.310 e. The van der Waals surface area contributed by atoms with Crippen molar-refractivity contribution < 1.29 is 4.39 Å². The van der Waals surface area contributed by atoms with Gasteiger partial charge < -0.3 is 5.32 Å². The third-order valence-corrected chi connectivity index (χ3v) is 5.01. The highest BCUT2D eigenvalue weighted by Gasteiger charge is 2.21. The van der Waals surface area contributed by atoms with Crippen LogP contribution in [0, 0.1) is 5.82 Å². The smallest absolute Gasteiger partial charge is 0.123 e. The SMILES string of the molecule is Fc1ccc2nc3c(c(CNC4CCCC4)c2c1)CCC3. The molecule has 0 spiro atoms. The number of rotatable bonds is 3. The number of pyridine rings is 1. The summed E-state index contributed by atoms with van der Waals surface area (Å²) in [4.78, 5) is 4.74. The normalized spacial score (nSPS) is 18.5. The zero-order chi connectivity index (χ0) is 14.2. The van der Waals surface area contributed by atoms with E-state index in [1.807, 2.05) is 6.07 Å². The Morgan fingerprint density at radius 1 is 1.14 bits per heavy atom. The number of halogens is 1. The molecule has 2 aliphatic rings. The van der Waals surface area contributed by atoms with Gasteiger partial charge in [-0.15, -0.1) is 0 Å². The molecule has 2 aliphatic carbocycles. The van der Waals surface area contributed by atoms with Gasteiger partial charge in [-0.3, -0.25) is 4.98 Å². The number of aromatic nitrogens is 1. The van der Waals surface area contributed by atoms with Gasteiger partial charge in [-0.2, -0.15) is 0 Å². The molecule has 1 saturated carbocycles. The number of nitrogens with zero attached hydrogens (tertiary/aromatic N) is 1. The maximum absolute atomic E-state index is 13.7. The van der Waals surface area contributed by atoms with Crippen LogP contribution in [0.25, 0.3) is 10.9 Å². The van der Waals surface area contributed by atoms with Gasteiger partial charge in [0.1, 0.15) is 5.82 Å². The third-order valence-electron chi connectivity index (χ3n) is 5.01. The molecule has 2 nitrogen and oxygen atoms in total. The summed E-state index contributed by atoms with van der Waals surface area (Å²) in [5, 5.41) is 4.69. The van der Waals surface area contributed by atoms with Crippen LogP contribution in [-0.4, -0.2) is 11.0 Å². The lowest BCUT2D eigenvalue weighted by atomic mass is 10.0. The molecule has 4 rings (SSSR count). The molecule has 2 aromatic rings. The lowest BCUT2D eigenvalue weighted by molar-refractivity contribution is 0.524. The summed E-state index contributed by atoms with van der Waals surface area (Å²) in [6.07, 6.45) is 8.56. The van der Waals surface area contributed by atoms with Crippen molar-refractivity contribution in [3.63, 3.8) is 0 Å². The second kappa shape index (κ2) is 5.38. The van der Waals surface area contributed by atoms with Crippen molar-refractivity contribution in [2.75, 3.05) is 0 Å². The maximum Gasteiger partial charge on any atom is 0.123 e. The van der Waals surface area contributed by atoms with Gasteiger partial charge in [0.05, 0.1) is 5.52 Å². The van der Waals surface area contributed by atoms with Crippen molar-refractivity contribution in [1.82, 2.24) is 10.3 Å². The number of hydrogen-bond acceptors (Lipinski definition) is 2. The molecule has 0 bridgehead atoms. The molecule has 0 unspecified atom stereocenters. The Hall–Kier alpha value is -1.48.